The summed E-state index contributed by atoms with van der Waals surface area (Å²) in [6.07, 6.45) is 1.52. The Morgan fingerprint density at radius 1 is 1.17 bits per heavy atom. The van der Waals surface area contributed by atoms with Crippen LogP contribution in [0, 0.1) is 5.92 Å². The van der Waals surface area contributed by atoms with Gasteiger partial charge in [-0.1, -0.05) is 19.9 Å². The molecule has 1 aromatic carbocycles. The first-order valence-corrected chi connectivity index (χ1v) is 7.69. The lowest BCUT2D eigenvalue weighted by atomic mass is 10.2. The SMILES string of the molecule is COC(=O)c1cccc(NC(=O)c2ccc(NCC(C)C)nc2)c1. The van der Waals surface area contributed by atoms with Crippen LogP contribution in [0.4, 0.5) is 11.5 Å². The van der Waals surface area contributed by atoms with Gasteiger partial charge in [0, 0.05) is 18.4 Å². The molecule has 2 aromatic rings. The fraction of sp³-hybridized carbons (Fsp3) is 0.278. The number of ether oxygens (including phenoxy) is 1. The van der Waals surface area contributed by atoms with E-state index >= 15 is 0 Å². The maximum Gasteiger partial charge on any atom is 0.337 e. The first kappa shape index (κ1) is 17.5. The molecule has 0 saturated carbocycles. The summed E-state index contributed by atoms with van der Waals surface area (Å²) in [5.74, 6) is 0.498. The van der Waals surface area contributed by atoms with Gasteiger partial charge in [-0.15, -0.1) is 0 Å². The van der Waals surface area contributed by atoms with Crippen molar-refractivity contribution in [2.45, 2.75) is 13.8 Å². The van der Waals surface area contributed by atoms with Gasteiger partial charge in [-0.2, -0.15) is 0 Å². The van der Waals surface area contributed by atoms with E-state index in [-0.39, 0.29) is 5.91 Å². The molecule has 0 spiro atoms. The fourth-order valence-electron chi connectivity index (χ4n) is 1.99. The Hall–Kier alpha value is -2.89. The zero-order valence-electron chi connectivity index (χ0n) is 14.0. The average Bonchev–Trinajstić information content (AvgIpc) is 2.59. The van der Waals surface area contributed by atoms with Crippen molar-refractivity contribution in [3.8, 4) is 0 Å². The zero-order valence-corrected chi connectivity index (χ0v) is 14.0. The number of nitrogens with one attached hydrogen (secondary N) is 2. The van der Waals surface area contributed by atoms with Gasteiger partial charge in [0.25, 0.3) is 5.91 Å². The summed E-state index contributed by atoms with van der Waals surface area (Å²) in [4.78, 5) is 28.0. The molecule has 1 heterocycles. The highest BCUT2D eigenvalue weighted by Gasteiger charge is 2.10. The average molecular weight is 327 g/mol. The van der Waals surface area contributed by atoms with Gasteiger partial charge in [-0.25, -0.2) is 9.78 Å². The summed E-state index contributed by atoms with van der Waals surface area (Å²) in [7, 11) is 1.31. The molecule has 0 radical (unpaired) electrons. The van der Waals surface area contributed by atoms with Crippen molar-refractivity contribution in [1.82, 2.24) is 4.98 Å². The van der Waals surface area contributed by atoms with Gasteiger partial charge < -0.3 is 15.4 Å². The maximum absolute atomic E-state index is 12.3. The normalized spacial score (nSPS) is 10.3. The van der Waals surface area contributed by atoms with Crippen molar-refractivity contribution in [1.29, 1.82) is 0 Å². The smallest absolute Gasteiger partial charge is 0.337 e. The van der Waals surface area contributed by atoms with Gasteiger partial charge in [0.05, 0.1) is 18.2 Å². The highest BCUT2D eigenvalue weighted by atomic mass is 16.5. The molecule has 0 unspecified atom stereocenters. The van der Waals surface area contributed by atoms with Gasteiger partial charge in [0.2, 0.25) is 0 Å². The lowest BCUT2D eigenvalue weighted by molar-refractivity contribution is 0.0600. The number of carbonyl (C=O) groups excluding carboxylic acids is 2. The number of rotatable bonds is 6. The van der Waals surface area contributed by atoms with E-state index in [4.69, 9.17) is 0 Å². The summed E-state index contributed by atoms with van der Waals surface area (Å²) in [5.41, 5.74) is 1.33. The van der Waals surface area contributed by atoms with E-state index in [1.807, 2.05) is 0 Å². The summed E-state index contributed by atoms with van der Waals surface area (Å²) < 4.78 is 4.67. The minimum Gasteiger partial charge on any atom is -0.465 e. The summed E-state index contributed by atoms with van der Waals surface area (Å²) >= 11 is 0. The van der Waals surface area contributed by atoms with Crippen LogP contribution < -0.4 is 10.6 Å². The minimum absolute atomic E-state index is 0.292. The highest BCUT2D eigenvalue weighted by molar-refractivity contribution is 6.04. The molecule has 0 aliphatic rings. The van der Waals surface area contributed by atoms with Crippen LogP contribution in [0.2, 0.25) is 0 Å². The Balaban J connectivity index is 2.03. The lowest BCUT2D eigenvalue weighted by Gasteiger charge is -2.09. The first-order valence-electron chi connectivity index (χ1n) is 7.69. The van der Waals surface area contributed by atoms with Crippen LogP contribution in [0.3, 0.4) is 0 Å². The van der Waals surface area contributed by atoms with Crippen molar-refractivity contribution in [2.75, 3.05) is 24.3 Å². The van der Waals surface area contributed by atoms with E-state index in [1.54, 1.807) is 36.4 Å². The van der Waals surface area contributed by atoms with Crippen molar-refractivity contribution >= 4 is 23.4 Å². The molecule has 6 nitrogen and oxygen atoms in total. The van der Waals surface area contributed by atoms with Gasteiger partial charge in [-0.05, 0) is 36.2 Å². The predicted molar refractivity (Wildman–Crippen MR) is 93.3 cm³/mol. The van der Waals surface area contributed by atoms with Crippen molar-refractivity contribution in [3.63, 3.8) is 0 Å². The molecule has 0 fully saturated rings. The molecule has 2 N–H and O–H groups in total. The Bertz CT molecular complexity index is 712. The quantitative estimate of drug-likeness (QED) is 0.797. The summed E-state index contributed by atoms with van der Waals surface area (Å²) in [6, 6.07) is 10.0. The largest absolute Gasteiger partial charge is 0.465 e. The summed E-state index contributed by atoms with van der Waals surface area (Å²) in [6.45, 7) is 5.04. The molecule has 0 aliphatic carbocycles. The molecule has 0 aliphatic heterocycles. The molecule has 0 saturated heterocycles. The molecule has 6 heteroatoms. The van der Waals surface area contributed by atoms with E-state index in [0.29, 0.717) is 22.7 Å². The number of methoxy groups -OCH3 is 1. The van der Waals surface area contributed by atoms with Crippen LogP contribution in [0.1, 0.15) is 34.6 Å². The number of benzene rings is 1. The van der Waals surface area contributed by atoms with Crippen LogP contribution >= 0.6 is 0 Å². The van der Waals surface area contributed by atoms with E-state index in [1.165, 1.54) is 13.3 Å². The van der Waals surface area contributed by atoms with Crippen LogP contribution in [0.5, 0.6) is 0 Å². The number of esters is 1. The van der Waals surface area contributed by atoms with E-state index < -0.39 is 5.97 Å². The van der Waals surface area contributed by atoms with Gasteiger partial charge in [0.1, 0.15) is 5.82 Å². The van der Waals surface area contributed by atoms with E-state index in [2.05, 4.69) is 34.2 Å². The van der Waals surface area contributed by atoms with E-state index in [9.17, 15) is 9.59 Å². The molecule has 2 rings (SSSR count). The maximum atomic E-state index is 12.3. The number of hydrogen-bond donors (Lipinski definition) is 2. The highest BCUT2D eigenvalue weighted by Crippen LogP contribution is 2.14. The van der Waals surface area contributed by atoms with Crippen LogP contribution in [-0.2, 0) is 4.74 Å². The van der Waals surface area contributed by atoms with Crippen molar-refractivity contribution in [3.05, 3.63) is 53.7 Å². The molecule has 0 atom stereocenters. The Morgan fingerprint density at radius 3 is 2.58 bits per heavy atom. The second-order valence-corrected chi connectivity index (χ2v) is 5.73. The third kappa shape index (κ3) is 4.81. The summed E-state index contributed by atoms with van der Waals surface area (Å²) in [5, 5.41) is 5.93. The first-order chi connectivity index (χ1) is 11.5. The minimum atomic E-state index is -0.451. The number of aromatic nitrogens is 1. The van der Waals surface area contributed by atoms with Crippen LogP contribution in [0.25, 0.3) is 0 Å². The Kier molecular flexibility index (Phi) is 5.89. The zero-order chi connectivity index (χ0) is 17.5. The second kappa shape index (κ2) is 8.10. The Morgan fingerprint density at radius 2 is 1.96 bits per heavy atom. The topological polar surface area (TPSA) is 80.3 Å². The predicted octanol–water partition coefficient (Wildman–Crippen LogP) is 3.19. The van der Waals surface area contributed by atoms with Gasteiger partial charge >= 0.3 is 5.97 Å². The van der Waals surface area contributed by atoms with Crippen molar-refractivity contribution in [2.24, 2.45) is 5.92 Å². The number of nitrogens with zero attached hydrogens (tertiary/aromatic N) is 1. The van der Waals surface area contributed by atoms with Crippen LogP contribution in [0.15, 0.2) is 42.6 Å². The number of amides is 1. The Labute approximate surface area is 141 Å². The molecule has 1 aromatic heterocycles. The third-order valence-corrected chi connectivity index (χ3v) is 3.26. The van der Waals surface area contributed by atoms with Crippen LogP contribution in [-0.4, -0.2) is 30.5 Å². The standard InChI is InChI=1S/C18H21N3O3/c1-12(2)10-19-16-8-7-14(11-20-16)17(22)21-15-6-4-5-13(9-15)18(23)24-3/h4-9,11-12H,10H2,1-3H3,(H,19,20)(H,21,22). The number of carbonyl (C=O) groups is 2. The van der Waals surface area contributed by atoms with Crippen molar-refractivity contribution < 1.29 is 14.3 Å². The molecular weight excluding hydrogens is 306 g/mol. The molecule has 0 bridgehead atoms. The van der Waals surface area contributed by atoms with E-state index in [0.717, 1.165) is 12.4 Å². The molecule has 126 valence electrons. The third-order valence-electron chi connectivity index (χ3n) is 3.26. The molecule has 1 amide bonds. The number of hydrogen-bond acceptors (Lipinski definition) is 5. The monoisotopic (exact) mass is 327 g/mol. The van der Waals surface area contributed by atoms with Gasteiger partial charge in [0.15, 0.2) is 0 Å². The lowest BCUT2D eigenvalue weighted by Crippen LogP contribution is -2.14. The number of pyridine rings is 1. The molecular formula is C18H21N3O3. The second-order valence-electron chi connectivity index (χ2n) is 5.73. The molecule has 24 heavy (non-hydrogen) atoms. The fourth-order valence-corrected chi connectivity index (χ4v) is 1.99. The number of anilines is 2. The van der Waals surface area contributed by atoms with Gasteiger partial charge in [-0.3, -0.25) is 4.79 Å².